The lowest BCUT2D eigenvalue weighted by molar-refractivity contribution is 0.669. The van der Waals surface area contributed by atoms with Crippen molar-refractivity contribution in [3.8, 4) is 28.3 Å². The number of aromatic nitrogens is 3. The maximum Gasteiger partial charge on any atom is 0.164 e. The summed E-state index contributed by atoms with van der Waals surface area (Å²) in [6, 6.07) is 48.8. The second-order valence-electron chi connectivity index (χ2n) is 11.4. The molecule has 0 unspecified atom stereocenters. The Morgan fingerprint density at radius 2 is 1.20 bits per heavy atom. The van der Waals surface area contributed by atoms with Crippen LogP contribution >= 0.6 is 11.3 Å². The molecule has 0 saturated heterocycles. The molecule has 0 spiro atoms. The van der Waals surface area contributed by atoms with Crippen molar-refractivity contribution in [3.63, 3.8) is 0 Å². The van der Waals surface area contributed by atoms with Gasteiger partial charge in [0.25, 0.3) is 0 Å². The molecular formula is C40H23N3OS. The molecule has 0 aliphatic carbocycles. The topological polar surface area (TPSA) is 43.9 Å². The van der Waals surface area contributed by atoms with Crippen molar-refractivity contribution < 1.29 is 4.42 Å². The van der Waals surface area contributed by atoms with Crippen molar-refractivity contribution in [2.24, 2.45) is 0 Å². The van der Waals surface area contributed by atoms with Crippen LogP contribution in [0.3, 0.4) is 0 Å². The maximum atomic E-state index is 6.63. The lowest BCUT2D eigenvalue weighted by Gasteiger charge is -2.12. The first-order chi connectivity index (χ1) is 22.3. The van der Waals surface area contributed by atoms with Crippen LogP contribution in [0.4, 0.5) is 0 Å². The predicted octanol–water partition coefficient (Wildman–Crippen LogP) is 11.2. The SMILES string of the molecule is c1ccc(-c2nc(-c3cc(-n4c5ccccc5c5ccccc54)cc4c3oc3ccccc34)nc3c2sc2ccccc23)cc1. The van der Waals surface area contributed by atoms with E-state index in [4.69, 9.17) is 14.4 Å². The van der Waals surface area contributed by atoms with E-state index in [0.29, 0.717) is 5.82 Å². The Labute approximate surface area is 261 Å². The van der Waals surface area contributed by atoms with Gasteiger partial charge >= 0.3 is 0 Å². The van der Waals surface area contributed by atoms with E-state index in [-0.39, 0.29) is 0 Å². The summed E-state index contributed by atoms with van der Waals surface area (Å²) in [5, 5.41) is 5.70. The van der Waals surface area contributed by atoms with Crippen LogP contribution in [0.2, 0.25) is 0 Å². The summed E-state index contributed by atoms with van der Waals surface area (Å²) in [7, 11) is 0. The van der Waals surface area contributed by atoms with Gasteiger partial charge < -0.3 is 8.98 Å². The molecule has 0 aliphatic rings. The number of hydrogen-bond acceptors (Lipinski definition) is 4. The summed E-state index contributed by atoms with van der Waals surface area (Å²) < 4.78 is 11.3. The van der Waals surface area contributed by atoms with Gasteiger partial charge in [0.2, 0.25) is 0 Å². The summed E-state index contributed by atoms with van der Waals surface area (Å²) >= 11 is 1.75. The van der Waals surface area contributed by atoms with E-state index in [9.17, 15) is 0 Å². The van der Waals surface area contributed by atoms with Gasteiger partial charge in [-0.05, 0) is 36.4 Å². The molecule has 0 amide bonds. The standard InChI is InChI=1S/C40H23N3OS/c1-2-12-24(13-3-1)36-39-37(29-17-7-11-21-35(29)45-39)42-40(41-36)31-23-25(22-30-28-16-6-10-20-34(28)44-38(30)31)43-32-18-8-4-14-26(32)27-15-5-9-19-33(27)43/h1-23H. The number of fused-ring (bicyclic) bond motifs is 9. The van der Waals surface area contributed by atoms with Crippen molar-refractivity contribution in [3.05, 3.63) is 140 Å². The third-order valence-corrected chi connectivity index (χ3v) is 9.98. The first-order valence-corrected chi connectivity index (χ1v) is 15.8. The molecule has 10 rings (SSSR count). The molecule has 4 aromatic heterocycles. The molecule has 0 atom stereocenters. The molecule has 0 radical (unpaired) electrons. The fraction of sp³-hybridized carbons (Fsp3) is 0. The molecule has 45 heavy (non-hydrogen) atoms. The minimum absolute atomic E-state index is 0.650. The van der Waals surface area contributed by atoms with Gasteiger partial charge in [-0.25, -0.2) is 9.97 Å². The summed E-state index contributed by atoms with van der Waals surface area (Å²) in [5.41, 5.74) is 8.82. The number of nitrogens with zero attached hydrogens (tertiary/aromatic N) is 3. The Morgan fingerprint density at radius 3 is 1.98 bits per heavy atom. The minimum Gasteiger partial charge on any atom is -0.455 e. The highest BCUT2D eigenvalue weighted by molar-refractivity contribution is 7.26. The van der Waals surface area contributed by atoms with Gasteiger partial charge in [0, 0.05) is 42.9 Å². The quantitative estimate of drug-likeness (QED) is 0.205. The van der Waals surface area contributed by atoms with E-state index in [2.05, 4.69) is 126 Å². The fourth-order valence-corrected chi connectivity index (χ4v) is 7.96. The molecule has 5 heteroatoms. The van der Waals surface area contributed by atoms with Crippen LogP contribution in [-0.2, 0) is 0 Å². The number of para-hydroxylation sites is 3. The first kappa shape index (κ1) is 24.6. The van der Waals surface area contributed by atoms with Crippen LogP contribution in [0.15, 0.2) is 144 Å². The normalized spacial score (nSPS) is 12.0. The molecular weight excluding hydrogens is 571 g/mol. The van der Waals surface area contributed by atoms with Gasteiger partial charge in [0.15, 0.2) is 5.82 Å². The van der Waals surface area contributed by atoms with Crippen molar-refractivity contribution >= 4 is 75.4 Å². The Balaban J connectivity index is 1.36. The van der Waals surface area contributed by atoms with Crippen LogP contribution in [0, 0.1) is 0 Å². The monoisotopic (exact) mass is 593 g/mol. The molecule has 0 bridgehead atoms. The van der Waals surface area contributed by atoms with Crippen LogP contribution in [0.5, 0.6) is 0 Å². The van der Waals surface area contributed by atoms with E-state index < -0.39 is 0 Å². The van der Waals surface area contributed by atoms with Crippen molar-refractivity contribution in [1.82, 2.24) is 14.5 Å². The van der Waals surface area contributed by atoms with Gasteiger partial charge in [-0.15, -0.1) is 11.3 Å². The zero-order valence-electron chi connectivity index (χ0n) is 23.9. The van der Waals surface area contributed by atoms with Crippen molar-refractivity contribution in [2.45, 2.75) is 0 Å². The molecule has 4 nitrogen and oxygen atoms in total. The van der Waals surface area contributed by atoms with Gasteiger partial charge in [-0.2, -0.15) is 0 Å². The van der Waals surface area contributed by atoms with E-state index in [1.807, 2.05) is 18.2 Å². The largest absolute Gasteiger partial charge is 0.455 e. The Kier molecular flexibility index (Phi) is 5.12. The van der Waals surface area contributed by atoms with E-state index in [0.717, 1.165) is 71.1 Å². The third-order valence-electron chi connectivity index (χ3n) is 8.81. The van der Waals surface area contributed by atoms with Crippen molar-refractivity contribution in [1.29, 1.82) is 0 Å². The maximum absolute atomic E-state index is 6.63. The Hall–Kier alpha value is -5.78. The summed E-state index contributed by atoms with van der Waals surface area (Å²) in [5.74, 6) is 0.650. The molecule has 6 aromatic carbocycles. The molecule has 0 N–H and O–H groups in total. The van der Waals surface area contributed by atoms with Crippen LogP contribution < -0.4 is 0 Å². The molecule has 0 saturated carbocycles. The molecule has 0 aliphatic heterocycles. The number of thiophene rings is 1. The molecule has 210 valence electrons. The Morgan fingerprint density at radius 1 is 0.556 bits per heavy atom. The zero-order chi connectivity index (χ0) is 29.5. The van der Waals surface area contributed by atoms with E-state index >= 15 is 0 Å². The number of hydrogen-bond donors (Lipinski definition) is 0. The second kappa shape index (κ2) is 9.36. The summed E-state index contributed by atoms with van der Waals surface area (Å²) in [4.78, 5) is 10.7. The highest BCUT2D eigenvalue weighted by atomic mass is 32.1. The highest BCUT2D eigenvalue weighted by Crippen LogP contribution is 2.43. The van der Waals surface area contributed by atoms with Gasteiger partial charge in [-0.3, -0.25) is 0 Å². The predicted molar refractivity (Wildman–Crippen MR) is 187 cm³/mol. The third kappa shape index (κ3) is 3.59. The minimum atomic E-state index is 0.650. The van der Waals surface area contributed by atoms with Gasteiger partial charge in [-0.1, -0.05) is 103 Å². The lowest BCUT2D eigenvalue weighted by Crippen LogP contribution is -1.98. The van der Waals surface area contributed by atoms with E-state index in [1.54, 1.807) is 11.3 Å². The number of benzene rings is 6. The van der Waals surface area contributed by atoms with E-state index in [1.165, 1.54) is 15.5 Å². The summed E-state index contributed by atoms with van der Waals surface area (Å²) in [6.45, 7) is 0. The van der Waals surface area contributed by atoms with Crippen molar-refractivity contribution in [2.75, 3.05) is 0 Å². The lowest BCUT2D eigenvalue weighted by atomic mass is 10.1. The van der Waals surface area contributed by atoms with Crippen LogP contribution in [-0.4, -0.2) is 14.5 Å². The van der Waals surface area contributed by atoms with Crippen LogP contribution in [0.25, 0.3) is 92.4 Å². The zero-order valence-corrected chi connectivity index (χ0v) is 24.8. The second-order valence-corrected chi connectivity index (χ2v) is 12.4. The van der Waals surface area contributed by atoms with Gasteiger partial charge in [0.05, 0.1) is 32.5 Å². The first-order valence-electron chi connectivity index (χ1n) is 15.0. The number of rotatable bonds is 3. The fourth-order valence-electron chi connectivity index (χ4n) is 6.81. The smallest absolute Gasteiger partial charge is 0.164 e. The average Bonchev–Trinajstić information content (AvgIpc) is 3.77. The highest BCUT2D eigenvalue weighted by Gasteiger charge is 2.22. The molecule has 10 aromatic rings. The molecule has 4 heterocycles. The number of furan rings is 1. The summed E-state index contributed by atoms with van der Waals surface area (Å²) in [6.07, 6.45) is 0. The average molecular weight is 594 g/mol. The Bertz CT molecular complexity index is 2720. The van der Waals surface area contributed by atoms with Gasteiger partial charge in [0.1, 0.15) is 11.2 Å². The molecule has 0 fully saturated rings. The van der Waals surface area contributed by atoms with Crippen LogP contribution in [0.1, 0.15) is 0 Å².